The fourth-order valence-electron chi connectivity index (χ4n) is 6.13. The average molecular weight is 436 g/mol. The van der Waals surface area contributed by atoms with Gasteiger partial charge in [0, 0.05) is 31.0 Å². The molecule has 1 amide bonds. The van der Waals surface area contributed by atoms with Crippen molar-refractivity contribution in [1.82, 2.24) is 14.6 Å². The van der Waals surface area contributed by atoms with Gasteiger partial charge in [-0.15, -0.1) is 0 Å². The van der Waals surface area contributed by atoms with Crippen molar-refractivity contribution in [3.05, 3.63) is 34.2 Å². The van der Waals surface area contributed by atoms with Crippen LogP contribution in [0.5, 0.6) is 0 Å². The Hall–Kier alpha value is -1.71. The number of rotatable bonds is 6. The number of nitrogens with one attached hydrogen (secondary N) is 2. The number of nitrogens with zero attached hydrogens (tertiary/aromatic N) is 1. The first-order chi connectivity index (χ1) is 14.4. The van der Waals surface area contributed by atoms with Gasteiger partial charge in [-0.3, -0.25) is 9.59 Å². The molecule has 4 aliphatic rings. The standard InChI is InChI=1S/C21H29N3O5S/c25-19-7-3-6-17(23-19)20(26)24-11-16-15(18-8-9-21(16,13-24)29-18)10-22-30(27,28)12-14-4-1-2-5-14/h3,6-7,14-16,18,22H,1-2,4-5,8-13H2,(H,23,25)/t15-,16+,18+,21+/m0/s1. The van der Waals surface area contributed by atoms with E-state index >= 15 is 0 Å². The lowest BCUT2D eigenvalue weighted by molar-refractivity contribution is 0.00318. The highest BCUT2D eigenvalue weighted by atomic mass is 32.2. The van der Waals surface area contributed by atoms with E-state index in [0.29, 0.717) is 19.6 Å². The largest absolute Gasteiger partial charge is 0.369 e. The van der Waals surface area contributed by atoms with Gasteiger partial charge < -0.3 is 14.6 Å². The first-order valence-electron chi connectivity index (χ1n) is 11.0. The molecule has 1 saturated carbocycles. The van der Waals surface area contributed by atoms with Crippen LogP contribution >= 0.6 is 0 Å². The smallest absolute Gasteiger partial charge is 0.270 e. The number of aromatic nitrogens is 1. The minimum atomic E-state index is -3.30. The van der Waals surface area contributed by atoms with Crippen LogP contribution in [0.2, 0.25) is 0 Å². The van der Waals surface area contributed by atoms with E-state index in [1.54, 1.807) is 17.0 Å². The summed E-state index contributed by atoms with van der Waals surface area (Å²) >= 11 is 0. The number of fused-ring (bicyclic) bond motifs is 1. The van der Waals surface area contributed by atoms with Gasteiger partial charge >= 0.3 is 0 Å². The molecule has 8 nitrogen and oxygen atoms in total. The van der Waals surface area contributed by atoms with Gasteiger partial charge in [0.25, 0.3) is 5.91 Å². The van der Waals surface area contributed by atoms with Crippen molar-refractivity contribution in [3.8, 4) is 0 Å². The van der Waals surface area contributed by atoms with Crippen LogP contribution < -0.4 is 10.3 Å². The van der Waals surface area contributed by atoms with Gasteiger partial charge in [0.2, 0.25) is 15.6 Å². The molecule has 5 rings (SSSR count). The maximum absolute atomic E-state index is 12.9. The third kappa shape index (κ3) is 3.61. The fraction of sp³-hybridized carbons (Fsp3) is 0.714. The quantitative estimate of drug-likeness (QED) is 0.696. The summed E-state index contributed by atoms with van der Waals surface area (Å²) in [6, 6.07) is 4.57. The van der Waals surface area contributed by atoms with Gasteiger partial charge in [-0.2, -0.15) is 0 Å². The molecule has 1 spiro atoms. The third-order valence-electron chi connectivity index (χ3n) is 7.54. The molecule has 30 heavy (non-hydrogen) atoms. The molecule has 4 fully saturated rings. The highest BCUT2D eigenvalue weighted by Gasteiger charge is 2.63. The second kappa shape index (κ2) is 7.46. The molecule has 4 atom stereocenters. The van der Waals surface area contributed by atoms with Crippen molar-refractivity contribution >= 4 is 15.9 Å². The topological polar surface area (TPSA) is 109 Å². The average Bonchev–Trinajstić information content (AvgIpc) is 3.46. The molecular weight excluding hydrogens is 406 g/mol. The number of pyridine rings is 1. The van der Waals surface area contributed by atoms with Gasteiger partial charge in [-0.25, -0.2) is 13.1 Å². The number of ether oxygens (including phenoxy) is 1. The molecule has 164 valence electrons. The Balaban J connectivity index is 1.26. The zero-order valence-electron chi connectivity index (χ0n) is 17.0. The van der Waals surface area contributed by atoms with Crippen LogP contribution in [0, 0.1) is 17.8 Å². The summed E-state index contributed by atoms with van der Waals surface area (Å²) in [4.78, 5) is 28.8. The molecule has 4 heterocycles. The highest BCUT2D eigenvalue weighted by molar-refractivity contribution is 7.89. The Morgan fingerprint density at radius 2 is 2.07 bits per heavy atom. The first-order valence-corrected chi connectivity index (χ1v) is 12.6. The number of H-pyrrole nitrogens is 1. The van der Waals surface area contributed by atoms with Crippen molar-refractivity contribution in [2.24, 2.45) is 17.8 Å². The number of amides is 1. The van der Waals surface area contributed by atoms with Crippen LogP contribution in [-0.2, 0) is 14.8 Å². The van der Waals surface area contributed by atoms with E-state index in [1.807, 2.05) is 0 Å². The zero-order chi connectivity index (χ0) is 20.9. The molecule has 3 saturated heterocycles. The molecular formula is C21H29N3O5S. The predicted octanol–water partition coefficient (Wildman–Crippen LogP) is 1.10. The third-order valence-corrected chi connectivity index (χ3v) is 9.06. The van der Waals surface area contributed by atoms with Crippen molar-refractivity contribution in [2.75, 3.05) is 25.4 Å². The minimum absolute atomic E-state index is 0.0537. The van der Waals surface area contributed by atoms with Crippen LogP contribution in [0.1, 0.15) is 49.0 Å². The lowest BCUT2D eigenvalue weighted by Crippen LogP contribution is -2.42. The Bertz CT molecular complexity index is 986. The highest BCUT2D eigenvalue weighted by Crippen LogP contribution is 2.54. The molecule has 9 heteroatoms. The lowest BCUT2D eigenvalue weighted by atomic mass is 9.74. The van der Waals surface area contributed by atoms with Crippen molar-refractivity contribution < 1.29 is 17.9 Å². The lowest BCUT2D eigenvalue weighted by Gasteiger charge is -2.29. The van der Waals surface area contributed by atoms with E-state index in [1.165, 1.54) is 6.07 Å². The van der Waals surface area contributed by atoms with Gasteiger partial charge in [0.1, 0.15) is 5.69 Å². The molecule has 1 aromatic rings. The van der Waals surface area contributed by atoms with Gasteiger partial charge in [-0.1, -0.05) is 18.9 Å². The summed E-state index contributed by atoms with van der Waals surface area (Å²) in [7, 11) is -3.30. The zero-order valence-corrected chi connectivity index (χ0v) is 17.8. The van der Waals surface area contributed by atoms with Gasteiger partial charge in [-0.05, 0) is 37.7 Å². The van der Waals surface area contributed by atoms with Crippen LogP contribution in [-0.4, -0.2) is 61.3 Å². The Kier molecular flexibility index (Phi) is 5.02. The molecule has 0 radical (unpaired) electrons. The SMILES string of the molecule is O=C(c1cccc(=O)[nH]1)N1C[C@@H]2[C@H](CNS(=O)(=O)CC3CCCC3)[C@H]3CC[C@]2(C1)O3. The van der Waals surface area contributed by atoms with Crippen LogP contribution in [0.25, 0.3) is 0 Å². The van der Waals surface area contributed by atoms with E-state index in [0.717, 1.165) is 38.5 Å². The fourth-order valence-corrected chi connectivity index (χ4v) is 7.65. The monoisotopic (exact) mass is 435 g/mol. The Morgan fingerprint density at radius 1 is 1.27 bits per heavy atom. The van der Waals surface area contributed by atoms with Crippen LogP contribution in [0.4, 0.5) is 0 Å². The molecule has 2 bridgehead atoms. The number of carbonyl (C=O) groups excluding carboxylic acids is 1. The summed E-state index contributed by atoms with van der Waals surface area (Å²) in [5, 5.41) is 0. The summed E-state index contributed by atoms with van der Waals surface area (Å²) in [5.41, 5.74) is -0.399. The predicted molar refractivity (Wildman–Crippen MR) is 111 cm³/mol. The molecule has 2 N–H and O–H groups in total. The Morgan fingerprint density at radius 3 is 2.83 bits per heavy atom. The van der Waals surface area contributed by atoms with Crippen molar-refractivity contribution in [2.45, 2.75) is 50.2 Å². The number of hydrogen-bond donors (Lipinski definition) is 2. The molecule has 0 aromatic carbocycles. The van der Waals surface area contributed by atoms with E-state index in [4.69, 9.17) is 4.74 Å². The molecule has 1 aromatic heterocycles. The van der Waals surface area contributed by atoms with E-state index in [9.17, 15) is 18.0 Å². The first kappa shape index (κ1) is 20.2. The number of carbonyl (C=O) groups is 1. The van der Waals surface area contributed by atoms with E-state index < -0.39 is 10.0 Å². The van der Waals surface area contributed by atoms with Gasteiger partial charge in [0.05, 0.1) is 24.0 Å². The molecule has 0 unspecified atom stereocenters. The van der Waals surface area contributed by atoms with Crippen molar-refractivity contribution in [3.63, 3.8) is 0 Å². The second-order valence-electron chi connectivity index (χ2n) is 9.42. The number of aromatic amines is 1. The van der Waals surface area contributed by atoms with Crippen LogP contribution in [0.15, 0.2) is 23.0 Å². The number of likely N-dealkylation sites (tertiary alicyclic amines) is 1. The summed E-state index contributed by atoms with van der Waals surface area (Å²) in [6.45, 7) is 1.40. The van der Waals surface area contributed by atoms with E-state index in [2.05, 4.69) is 9.71 Å². The normalized spacial score (nSPS) is 33.3. The Labute approximate surface area is 176 Å². The summed E-state index contributed by atoms with van der Waals surface area (Å²) < 4.78 is 34.3. The van der Waals surface area contributed by atoms with Crippen LogP contribution in [0.3, 0.4) is 0 Å². The molecule has 1 aliphatic carbocycles. The number of hydrogen-bond acceptors (Lipinski definition) is 5. The molecule has 3 aliphatic heterocycles. The van der Waals surface area contributed by atoms with Gasteiger partial charge in [0.15, 0.2) is 0 Å². The maximum atomic E-state index is 12.9. The summed E-state index contributed by atoms with van der Waals surface area (Å²) in [5.74, 6) is 0.476. The maximum Gasteiger partial charge on any atom is 0.270 e. The van der Waals surface area contributed by atoms with Crippen molar-refractivity contribution in [1.29, 1.82) is 0 Å². The summed E-state index contributed by atoms with van der Waals surface area (Å²) in [6.07, 6.45) is 6.09. The van der Waals surface area contributed by atoms with E-state index in [-0.39, 0.29) is 52.4 Å². The number of sulfonamides is 1. The minimum Gasteiger partial charge on any atom is -0.369 e. The second-order valence-corrected chi connectivity index (χ2v) is 11.3.